The molecule has 1 fully saturated rings. The van der Waals surface area contributed by atoms with Crippen LogP contribution in [0, 0.1) is 5.41 Å². The highest BCUT2D eigenvalue weighted by molar-refractivity contribution is 6.10. The predicted molar refractivity (Wildman–Crippen MR) is 103 cm³/mol. The quantitative estimate of drug-likeness (QED) is 0.812. The van der Waals surface area contributed by atoms with Gasteiger partial charge < -0.3 is 10.7 Å². The van der Waals surface area contributed by atoms with E-state index in [1.165, 1.54) is 44.1 Å². The number of anilines is 1. The van der Waals surface area contributed by atoms with Crippen LogP contribution in [0.25, 0.3) is 16.3 Å². The molecule has 2 heterocycles. The number of nitrogens with zero attached hydrogens (tertiary/aromatic N) is 2. The van der Waals surface area contributed by atoms with E-state index in [1.807, 2.05) is 13.2 Å². The molecular formula is C20H26N4. The van der Waals surface area contributed by atoms with E-state index >= 15 is 0 Å². The van der Waals surface area contributed by atoms with Crippen molar-refractivity contribution in [2.75, 3.05) is 32.0 Å². The molecular weight excluding hydrogens is 296 g/mol. The molecule has 126 valence electrons. The summed E-state index contributed by atoms with van der Waals surface area (Å²) >= 11 is 0. The number of aromatic nitrogens is 1. The van der Waals surface area contributed by atoms with Gasteiger partial charge in [0, 0.05) is 31.4 Å². The van der Waals surface area contributed by atoms with Gasteiger partial charge >= 0.3 is 0 Å². The molecule has 24 heavy (non-hydrogen) atoms. The van der Waals surface area contributed by atoms with Crippen LogP contribution in [0.5, 0.6) is 0 Å². The number of rotatable bonds is 5. The molecule has 4 nitrogen and oxygen atoms in total. The normalized spacial score (nSPS) is 16.8. The van der Waals surface area contributed by atoms with Crippen LogP contribution in [0.1, 0.15) is 31.7 Å². The fraction of sp³-hybridized carbons (Fsp3) is 0.400. The van der Waals surface area contributed by atoms with E-state index in [0.717, 1.165) is 34.3 Å². The first-order chi connectivity index (χ1) is 11.7. The molecule has 0 atom stereocenters. The number of pyridine rings is 1. The maximum Gasteiger partial charge on any atom is 0.126 e. The summed E-state index contributed by atoms with van der Waals surface area (Å²) < 4.78 is 0. The second-order valence-corrected chi connectivity index (χ2v) is 6.56. The van der Waals surface area contributed by atoms with E-state index in [0.29, 0.717) is 0 Å². The molecule has 0 saturated carbocycles. The summed E-state index contributed by atoms with van der Waals surface area (Å²) in [6.45, 7) is 5.47. The number of fused-ring (bicyclic) bond motifs is 1. The second kappa shape index (κ2) is 7.58. The summed E-state index contributed by atoms with van der Waals surface area (Å²) in [6, 6.07) is 8.41. The van der Waals surface area contributed by atoms with Gasteiger partial charge in [0.2, 0.25) is 0 Å². The van der Waals surface area contributed by atoms with E-state index in [-0.39, 0.29) is 0 Å². The number of allylic oxidation sites excluding steroid dienone is 1. The lowest BCUT2D eigenvalue weighted by atomic mass is 9.98. The molecule has 0 spiro atoms. The lowest BCUT2D eigenvalue weighted by Crippen LogP contribution is -2.31. The fourth-order valence-electron chi connectivity index (χ4n) is 3.44. The monoisotopic (exact) mass is 322 g/mol. The van der Waals surface area contributed by atoms with Crippen molar-refractivity contribution in [1.82, 2.24) is 9.88 Å². The topological polar surface area (TPSA) is 52.0 Å². The molecule has 2 aromatic rings. The lowest BCUT2D eigenvalue weighted by molar-refractivity contribution is 0.247. The van der Waals surface area contributed by atoms with Crippen LogP contribution in [0.2, 0.25) is 0 Å². The van der Waals surface area contributed by atoms with Gasteiger partial charge in [0.1, 0.15) is 5.82 Å². The minimum atomic E-state index is 0.866. The summed E-state index contributed by atoms with van der Waals surface area (Å²) in [5, 5.41) is 13.3. The van der Waals surface area contributed by atoms with Crippen molar-refractivity contribution in [3.05, 3.63) is 41.6 Å². The van der Waals surface area contributed by atoms with E-state index in [4.69, 9.17) is 5.41 Å². The molecule has 1 aliphatic rings. The Labute approximate surface area is 144 Å². The maximum atomic E-state index is 7.91. The third-order valence-electron chi connectivity index (χ3n) is 4.80. The first-order valence-corrected chi connectivity index (χ1v) is 8.72. The van der Waals surface area contributed by atoms with Gasteiger partial charge in [-0.2, -0.15) is 0 Å². The molecule has 2 N–H and O–H groups in total. The van der Waals surface area contributed by atoms with Gasteiger partial charge in [-0.1, -0.05) is 18.6 Å². The van der Waals surface area contributed by atoms with Crippen molar-refractivity contribution in [2.24, 2.45) is 0 Å². The third kappa shape index (κ3) is 3.65. The Hall–Kier alpha value is -2.20. The van der Waals surface area contributed by atoms with Gasteiger partial charge in [0.25, 0.3) is 0 Å². The van der Waals surface area contributed by atoms with Gasteiger partial charge in [-0.15, -0.1) is 0 Å². The van der Waals surface area contributed by atoms with Gasteiger partial charge in [-0.3, -0.25) is 4.90 Å². The average molecular weight is 322 g/mol. The van der Waals surface area contributed by atoms with Crippen LogP contribution in [-0.2, 0) is 0 Å². The number of hydrogen-bond acceptors (Lipinski definition) is 4. The third-order valence-corrected chi connectivity index (χ3v) is 4.80. The average Bonchev–Trinajstić information content (AvgIpc) is 2.62. The summed E-state index contributed by atoms with van der Waals surface area (Å²) in [5.74, 6) is 0.866. The molecule has 1 aromatic carbocycles. The standard InChI is InChI=1S/C20H26N4/c1-15(14-24-8-4-3-5-9-24)19(12-21)16-6-7-17-13-23-20(22-2)11-18(17)10-16/h6-7,10-13,21H,3-5,8-9,14H2,1-2H3,(H,22,23)/b19-15-,21-12?. The van der Waals surface area contributed by atoms with Crippen molar-refractivity contribution >= 4 is 28.4 Å². The molecule has 0 amide bonds. The lowest BCUT2D eigenvalue weighted by Gasteiger charge is -2.27. The number of hydrogen-bond donors (Lipinski definition) is 2. The largest absolute Gasteiger partial charge is 0.373 e. The Morgan fingerprint density at radius 3 is 2.71 bits per heavy atom. The zero-order valence-electron chi connectivity index (χ0n) is 14.6. The molecule has 4 heteroatoms. The number of likely N-dealkylation sites (tertiary alicyclic amines) is 1. The zero-order valence-corrected chi connectivity index (χ0v) is 14.6. The Kier molecular flexibility index (Phi) is 5.26. The van der Waals surface area contributed by atoms with Crippen molar-refractivity contribution in [3.63, 3.8) is 0 Å². The molecule has 0 bridgehead atoms. The fourth-order valence-corrected chi connectivity index (χ4v) is 3.44. The first kappa shape index (κ1) is 16.7. The highest BCUT2D eigenvalue weighted by Gasteiger charge is 2.13. The molecule has 1 saturated heterocycles. The maximum absolute atomic E-state index is 7.91. The highest BCUT2D eigenvalue weighted by Crippen LogP contribution is 2.24. The number of piperidine rings is 1. The smallest absolute Gasteiger partial charge is 0.126 e. The Morgan fingerprint density at radius 2 is 2.00 bits per heavy atom. The first-order valence-electron chi connectivity index (χ1n) is 8.72. The predicted octanol–water partition coefficient (Wildman–Crippen LogP) is 4.19. The van der Waals surface area contributed by atoms with Gasteiger partial charge in [-0.05, 0) is 67.1 Å². The van der Waals surface area contributed by atoms with E-state index in [9.17, 15) is 0 Å². The summed E-state index contributed by atoms with van der Waals surface area (Å²) in [6.07, 6.45) is 7.33. The van der Waals surface area contributed by atoms with Gasteiger partial charge in [0.05, 0.1) is 0 Å². The Bertz CT molecular complexity index is 757. The van der Waals surface area contributed by atoms with Crippen molar-refractivity contribution < 1.29 is 0 Å². The summed E-state index contributed by atoms with van der Waals surface area (Å²) in [7, 11) is 1.88. The molecule has 3 rings (SSSR count). The van der Waals surface area contributed by atoms with Gasteiger partial charge in [-0.25, -0.2) is 4.98 Å². The number of nitrogens with one attached hydrogen (secondary N) is 2. The second-order valence-electron chi connectivity index (χ2n) is 6.56. The van der Waals surface area contributed by atoms with Crippen LogP contribution in [0.15, 0.2) is 36.0 Å². The number of benzene rings is 1. The molecule has 1 aromatic heterocycles. The van der Waals surface area contributed by atoms with E-state index < -0.39 is 0 Å². The summed E-state index contributed by atoms with van der Waals surface area (Å²) in [4.78, 5) is 6.86. The zero-order chi connectivity index (χ0) is 16.9. The van der Waals surface area contributed by atoms with Crippen LogP contribution < -0.4 is 5.32 Å². The van der Waals surface area contributed by atoms with Crippen LogP contribution in [0.3, 0.4) is 0 Å². The van der Waals surface area contributed by atoms with Crippen LogP contribution in [0.4, 0.5) is 5.82 Å². The van der Waals surface area contributed by atoms with Crippen LogP contribution in [-0.4, -0.2) is 42.8 Å². The van der Waals surface area contributed by atoms with Crippen molar-refractivity contribution in [3.8, 4) is 0 Å². The Morgan fingerprint density at radius 1 is 1.21 bits per heavy atom. The minimum absolute atomic E-state index is 0.866. The van der Waals surface area contributed by atoms with Crippen LogP contribution >= 0.6 is 0 Å². The Balaban J connectivity index is 1.92. The van der Waals surface area contributed by atoms with Gasteiger partial charge in [0.15, 0.2) is 0 Å². The molecule has 0 radical (unpaired) electrons. The molecule has 0 aliphatic carbocycles. The van der Waals surface area contributed by atoms with Crippen molar-refractivity contribution in [1.29, 1.82) is 5.41 Å². The molecule has 1 aliphatic heterocycles. The van der Waals surface area contributed by atoms with Crippen molar-refractivity contribution in [2.45, 2.75) is 26.2 Å². The molecule has 0 unspecified atom stereocenters. The van der Waals surface area contributed by atoms with E-state index in [2.05, 4.69) is 46.4 Å². The summed E-state index contributed by atoms with van der Waals surface area (Å²) in [5.41, 5.74) is 3.42. The van der Waals surface area contributed by atoms with E-state index in [1.54, 1.807) is 0 Å². The highest BCUT2D eigenvalue weighted by atomic mass is 15.1. The SMILES string of the molecule is CNc1cc2cc(/C(C=N)=C(/C)CN3CCCCC3)ccc2cn1. The minimum Gasteiger partial charge on any atom is -0.373 e.